The van der Waals surface area contributed by atoms with Crippen LogP contribution in [0.4, 0.5) is 0 Å². The SMILES string of the molecule is c1ccc(CCc2ccccc2OC[C@H]2CNCCO2)cc1. The molecule has 1 heterocycles. The Hall–Kier alpha value is -1.84. The van der Waals surface area contributed by atoms with Crippen molar-refractivity contribution in [2.24, 2.45) is 0 Å². The summed E-state index contributed by atoms with van der Waals surface area (Å²) in [5.41, 5.74) is 2.62. The predicted molar refractivity (Wildman–Crippen MR) is 88.4 cm³/mol. The van der Waals surface area contributed by atoms with E-state index in [-0.39, 0.29) is 6.10 Å². The molecule has 0 aromatic heterocycles. The minimum absolute atomic E-state index is 0.149. The lowest BCUT2D eigenvalue weighted by Crippen LogP contribution is -2.41. The van der Waals surface area contributed by atoms with Crippen LogP contribution in [0.3, 0.4) is 0 Å². The summed E-state index contributed by atoms with van der Waals surface area (Å²) < 4.78 is 11.7. The Balaban J connectivity index is 1.57. The van der Waals surface area contributed by atoms with E-state index in [9.17, 15) is 0 Å². The van der Waals surface area contributed by atoms with Gasteiger partial charge in [0.05, 0.1) is 6.61 Å². The third-order valence-electron chi connectivity index (χ3n) is 3.93. The molecule has 2 aromatic rings. The van der Waals surface area contributed by atoms with Crippen molar-refractivity contribution in [3.8, 4) is 5.75 Å². The smallest absolute Gasteiger partial charge is 0.122 e. The molecule has 0 spiro atoms. The first kappa shape index (κ1) is 15.1. The van der Waals surface area contributed by atoms with Gasteiger partial charge in [0.25, 0.3) is 0 Å². The third-order valence-corrected chi connectivity index (χ3v) is 3.93. The number of hydrogen-bond donors (Lipinski definition) is 1. The molecule has 0 bridgehead atoms. The van der Waals surface area contributed by atoms with Crippen LogP contribution in [0.15, 0.2) is 54.6 Å². The van der Waals surface area contributed by atoms with Crippen LogP contribution in [0.25, 0.3) is 0 Å². The van der Waals surface area contributed by atoms with Crippen molar-refractivity contribution in [1.82, 2.24) is 5.32 Å². The van der Waals surface area contributed by atoms with E-state index in [4.69, 9.17) is 9.47 Å². The summed E-state index contributed by atoms with van der Waals surface area (Å²) in [5.74, 6) is 0.979. The van der Waals surface area contributed by atoms with Gasteiger partial charge in [0, 0.05) is 13.1 Å². The summed E-state index contributed by atoms with van der Waals surface area (Å²) in [5, 5.41) is 3.33. The first-order valence-electron chi connectivity index (χ1n) is 7.99. The molecule has 3 nitrogen and oxygen atoms in total. The average Bonchev–Trinajstić information content (AvgIpc) is 2.61. The highest BCUT2D eigenvalue weighted by atomic mass is 16.5. The number of rotatable bonds is 6. The van der Waals surface area contributed by atoms with Crippen molar-refractivity contribution >= 4 is 0 Å². The highest BCUT2D eigenvalue weighted by Crippen LogP contribution is 2.20. The molecule has 1 fully saturated rings. The minimum atomic E-state index is 0.149. The summed E-state index contributed by atoms with van der Waals surface area (Å²) in [6, 6.07) is 18.9. The fraction of sp³-hybridized carbons (Fsp3) is 0.368. The summed E-state index contributed by atoms with van der Waals surface area (Å²) in [6.45, 7) is 3.18. The van der Waals surface area contributed by atoms with Crippen LogP contribution in [-0.2, 0) is 17.6 Å². The van der Waals surface area contributed by atoms with E-state index in [1.165, 1.54) is 11.1 Å². The second-order valence-electron chi connectivity index (χ2n) is 5.60. The van der Waals surface area contributed by atoms with Crippen LogP contribution in [0.1, 0.15) is 11.1 Å². The zero-order valence-corrected chi connectivity index (χ0v) is 12.8. The van der Waals surface area contributed by atoms with Crippen LogP contribution in [0.5, 0.6) is 5.75 Å². The number of para-hydroxylation sites is 1. The Morgan fingerprint density at radius 3 is 2.64 bits per heavy atom. The number of ether oxygens (including phenoxy) is 2. The van der Waals surface area contributed by atoms with E-state index in [0.29, 0.717) is 6.61 Å². The van der Waals surface area contributed by atoms with E-state index >= 15 is 0 Å². The zero-order chi connectivity index (χ0) is 15.0. The molecule has 116 valence electrons. The molecule has 1 saturated heterocycles. The summed E-state index contributed by atoms with van der Waals surface area (Å²) in [7, 11) is 0. The highest BCUT2D eigenvalue weighted by molar-refractivity contribution is 5.34. The Labute approximate surface area is 132 Å². The second kappa shape index (κ2) is 7.97. The van der Waals surface area contributed by atoms with E-state index in [1.807, 2.05) is 6.07 Å². The van der Waals surface area contributed by atoms with Gasteiger partial charge >= 0.3 is 0 Å². The summed E-state index contributed by atoms with van der Waals surface area (Å²) >= 11 is 0. The van der Waals surface area contributed by atoms with Crippen molar-refractivity contribution < 1.29 is 9.47 Å². The molecule has 0 unspecified atom stereocenters. The number of nitrogens with one attached hydrogen (secondary N) is 1. The summed E-state index contributed by atoms with van der Waals surface area (Å²) in [6.07, 6.45) is 2.17. The molecule has 1 aliphatic heterocycles. The topological polar surface area (TPSA) is 30.5 Å². The van der Waals surface area contributed by atoms with Gasteiger partial charge < -0.3 is 14.8 Å². The third kappa shape index (κ3) is 4.33. The van der Waals surface area contributed by atoms with Crippen molar-refractivity contribution in [2.75, 3.05) is 26.3 Å². The zero-order valence-electron chi connectivity index (χ0n) is 12.8. The molecular formula is C19H23NO2. The fourth-order valence-electron chi connectivity index (χ4n) is 2.68. The van der Waals surface area contributed by atoms with Gasteiger partial charge in [-0.25, -0.2) is 0 Å². The van der Waals surface area contributed by atoms with Crippen LogP contribution in [0.2, 0.25) is 0 Å². The fourth-order valence-corrected chi connectivity index (χ4v) is 2.68. The Bertz CT molecular complexity index is 565. The normalized spacial score (nSPS) is 18.1. The Morgan fingerprint density at radius 2 is 1.82 bits per heavy atom. The van der Waals surface area contributed by atoms with Gasteiger partial charge in [-0.15, -0.1) is 0 Å². The molecule has 1 N–H and O–H groups in total. The maximum absolute atomic E-state index is 6.00. The maximum atomic E-state index is 6.00. The van der Waals surface area contributed by atoms with Crippen LogP contribution >= 0.6 is 0 Å². The first-order chi connectivity index (χ1) is 10.9. The molecule has 0 aliphatic carbocycles. The van der Waals surface area contributed by atoms with Gasteiger partial charge in [-0.3, -0.25) is 0 Å². The van der Waals surface area contributed by atoms with Gasteiger partial charge in [0.15, 0.2) is 0 Å². The van der Waals surface area contributed by atoms with Crippen molar-refractivity contribution in [3.05, 3.63) is 65.7 Å². The second-order valence-corrected chi connectivity index (χ2v) is 5.60. The van der Waals surface area contributed by atoms with Gasteiger partial charge in [0.1, 0.15) is 18.5 Å². The minimum Gasteiger partial charge on any atom is -0.491 e. The summed E-state index contributed by atoms with van der Waals surface area (Å²) in [4.78, 5) is 0. The van der Waals surface area contributed by atoms with Gasteiger partial charge in [0.2, 0.25) is 0 Å². The molecule has 0 saturated carbocycles. The van der Waals surface area contributed by atoms with E-state index in [0.717, 1.165) is 38.3 Å². The van der Waals surface area contributed by atoms with E-state index < -0.39 is 0 Å². The van der Waals surface area contributed by atoms with Gasteiger partial charge in [-0.2, -0.15) is 0 Å². The van der Waals surface area contributed by atoms with Crippen LogP contribution in [-0.4, -0.2) is 32.4 Å². The average molecular weight is 297 g/mol. The van der Waals surface area contributed by atoms with Gasteiger partial charge in [-0.1, -0.05) is 48.5 Å². The predicted octanol–water partition coefficient (Wildman–Crippen LogP) is 2.84. The first-order valence-corrected chi connectivity index (χ1v) is 7.99. The lowest BCUT2D eigenvalue weighted by atomic mass is 10.0. The lowest BCUT2D eigenvalue weighted by molar-refractivity contribution is 0.0000137. The molecule has 3 heteroatoms. The molecule has 0 amide bonds. The standard InChI is InChI=1S/C19H23NO2/c1-2-6-16(7-3-1)10-11-17-8-4-5-9-19(17)22-15-18-14-20-12-13-21-18/h1-9,18,20H,10-15H2/t18-/m1/s1. The number of hydrogen-bond acceptors (Lipinski definition) is 3. The quantitative estimate of drug-likeness (QED) is 0.889. The number of morpholine rings is 1. The maximum Gasteiger partial charge on any atom is 0.122 e. The Morgan fingerprint density at radius 1 is 1.00 bits per heavy atom. The molecule has 2 aromatic carbocycles. The Kier molecular flexibility index (Phi) is 5.46. The number of aryl methyl sites for hydroxylation is 2. The molecule has 0 radical (unpaired) electrons. The van der Waals surface area contributed by atoms with Crippen molar-refractivity contribution in [3.63, 3.8) is 0 Å². The molecule has 3 rings (SSSR count). The van der Waals surface area contributed by atoms with Crippen LogP contribution in [0, 0.1) is 0 Å². The molecular weight excluding hydrogens is 274 g/mol. The van der Waals surface area contributed by atoms with E-state index in [1.54, 1.807) is 0 Å². The van der Waals surface area contributed by atoms with Crippen molar-refractivity contribution in [2.45, 2.75) is 18.9 Å². The lowest BCUT2D eigenvalue weighted by Gasteiger charge is -2.24. The highest BCUT2D eigenvalue weighted by Gasteiger charge is 2.14. The largest absolute Gasteiger partial charge is 0.491 e. The monoisotopic (exact) mass is 297 g/mol. The van der Waals surface area contributed by atoms with Gasteiger partial charge in [-0.05, 0) is 30.0 Å². The molecule has 22 heavy (non-hydrogen) atoms. The molecule has 1 aliphatic rings. The van der Waals surface area contributed by atoms with Crippen molar-refractivity contribution in [1.29, 1.82) is 0 Å². The molecule has 1 atom stereocenters. The van der Waals surface area contributed by atoms with E-state index in [2.05, 4.69) is 53.8 Å². The van der Waals surface area contributed by atoms with Crippen LogP contribution < -0.4 is 10.1 Å². The number of benzene rings is 2.